The molecular formula is C8H12N4OS2. The van der Waals surface area contributed by atoms with Gasteiger partial charge >= 0.3 is 0 Å². The van der Waals surface area contributed by atoms with Crippen LogP contribution in [0.25, 0.3) is 0 Å². The molecule has 1 aromatic rings. The number of hydrogen-bond donors (Lipinski definition) is 1. The fourth-order valence-corrected chi connectivity index (χ4v) is 2.80. The minimum absolute atomic E-state index is 0.106. The molecular weight excluding hydrogens is 232 g/mol. The molecule has 1 aliphatic rings. The maximum absolute atomic E-state index is 11.6. The first kappa shape index (κ1) is 10.8. The van der Waals surface area contributed by atoms with Gasteiger partial charge in [0.2, 0.25) is 11.0 Å². The van der Waals surface area contributed by atoms with Gasteiger partial charge < -0.3 is 5.73 Å². The van der Waals surface area contributed by atoms with E-state index in [0.717, 1.165) is 4.34 Å². The summed E-state index contributed by atoms with van der Waals surface area (Å²) in [6.07, 6.45) is 2.48. The third-order valence-corrected chi connectivity index (χ3v) is 4.26. The first-order chi connectivity index (χ1) is 7.24. The van der Waals surface area contributed by atoms with Crippen LogP contribution < -0.4 is 10.6 Å². The molecule has 1 fully saturated rings. The normalized spacial score (nSPS) is 21.3. The van der Waals surface area contributed by atoms with E-state index in [-0.39, 0.29) is 11.8 Å². The summed E-state index contributed by atoms with van der Waals surface area (Å²) in [5.74, 6) is 0.369. The van der Waals surface area contributed by atoms with Gasteiger partial charge in [-0.3, -0.25) is 9.69 Å². The molecule has 2 N–H and O–H groups in total. The van der Waals surface area contributed by atoms with Crippen LogP contribution in [-0.2, 0) is 4.79 Å². The van der Waals surface area contributed by atoms with E-state index < -0.39 is 0 Å². The van der Waals surface area contributed by atoms with E-state index in [1.165, 1.54) is 23.1 Å². The minimum Gasteiger partial charge on any atom is -0.330 e. The average molecular weight is 244 g/mol. The zero-order valence-corrected chi connectivity index (χ0v) is 9.98. The Morgan fingerprint density at radius 1 is 1.67 bits per heavy atom. The molecule has 0 spiro atoms. The van der Waals surface area contributed by atoms with Crippen LogP contribution >= 0.6 is 23.1 Å². The van der Waals surface area contributed by atoms with Crippen LogP contribution in [0, 0.1) is 5.92 Å². The zero-order chi connectivity index (χ0) is 10.8. The van der Waals surface area contributed by atoms with Crippen molar-refractivity contribution in [3.63, 3.8) is 0 Å². The second-order valence-electron chi connectivity index (χ2n) is 3.36. The van der Waals surface area contributed by atoms with E-state index in [2.05, 4.69) is 10.2 Å². The first-order valence-electron chi connectivity index (χ1n) is 4.62. The summed E-state index contributed by atoms with van der Waals surface area (Å²) in [6.45, 7) is 1.23. The molecule has 82 valence electrons. The molecule has 0 bridgehead atoms. The van der Waals surface area contributed by atoms with Crippen molar-refractivity contribution in [2.75, 3.05) is 24.2 Å². The maximum atomic E-state index is 11.6. The predicted molar refractivity (Wildman–Crippen MR) is 61.2 cm³/mol. The zero-order valence-electron chi connectivity index (χ0n) is 8.34. The Bertz CT molecular complexity index is 367. The lowest BCUT2D eigenvalue weighted by atomic mass is 10.1. The number of thioether (sulfide) groups is 1. The number of anilines is 1. The van der Waals surface area contributed by atoms with Gasteiger partial charge in [0.25, 0.3) is 0 Å². The van der Waals surface area contributed by atoms with Crippen LogP contribution in [0.3, 0.4) is 0 Å². The van der Waals surface area contributed by atoms with Gasteiger partial charge in [-0.15, -0.1) is 10.2 Å². The summed E-state index contributed by atoms with van der Waals surface area (Å²) >= 11 is 2.99. The van der Waals surface area contributed by atoms with Crippen molar-refractivity contribution in [3.05, 3.63) is 0 Å². The number of aromatic nitrogens is 2. The predicted octanol–water partition coefficient (Wildman–Crippen LogP) is 0.572. The fraction of sp³-hybridized carbons (Fsp3) is 0.625. The molecule has 15 heavy (non-hydrogen) atoms. The van der Waals surface area contributed by atoms with Crippen LogP contribution in [0.1, 0.15) is 6.42 Å². The Balaban J connectivity index is 2.14. The highest BCUT2D eigenvalue weighted by Gasteiger charge is 2.31. The molecule has 1 atom stereocenters. The number of carbonyl (C=O) groups is 1. The Morgan fingerprint density at radius 3 is 3.00 bits per heavy atom. The Hall–Kier alpha value is -0.660. The van der Waals surface area contributed by atoms with Crippen molar-refractivity contribution in [1.82, 2.24) is 10.2 Å². The Kier molecular flexibility index (Phi) is 3.22. The van der Waals surface area contributed by atoms with Crippen molar-refractivity contribution in [1.29, 1.82) is 0 Å². The number of hydrogen-bond acceptors (Lipinski definition) is 6. The topological polar surface area (TPSA) is 72.1 Å². The number of amides is 1. The Morgan fingerprint density at radius 2 is 2.47 bits per heavy atom. The summed E-state index contributed by atoms with van der Waals surface area (Å²) in [4.78, 5) is 13.3. The number of rotatable bonds is 3. The molecule has 1 amide bonds. The lowest BCUT2D eigenvalue weighted by Gasteiger charge is -2.10. The van der Waals surface area contributed by atoms with Gasteiger partial charge in [0.05, 0.1) is 0 Å². The summed E-state index contributed by atoms with van der Waals surface area (Å²) in [6, 6.07) is 0. The molecule has 0 aliphatic carbocycles. The standard InChI is InChI=1S/C8H12N4OS2/c1-14-8-11-10-7(15-8)12-4-5(3-9)2-6(12)13/h5H,2-4,9H2,1H3. The second kappa shape index (κ2) is 4.46. The highest BCUT2D eigenvalue weighted by Crippen LogP contribution is 2.30. The van der Waals surface area contributed by atoms with Gasteiger partial charge in [-0.05, 0) is 18.7 Å². The fourth-order valence-electron chi connectivity index (χ4n) is 1.52. The van der Waals surface area contributed by atoms with E-state index in [4.69, 9.17) is 5.73 Å². The first-order valence-corrected chi connectivity index (χ1v) is 6.66. The Labute approximate surface area is 96.0 Å². The van der Waals surface area contributed by atoms with E-state index >= 15 is 0 Å². The van der Waals surface area contributed by atoms with Crippen LogP contribution in [0.2, 0.25) is 0 Å². The molecule has 5 nitrogen and oxygen atoms in total. The molecule has 1 aromatic heterocycles. The second-order valence-corrected chi connectivity index (χ2v) is 5.37. The van der Waals surface area contributed by atoms with Crippen molar-refractivity contribution in [2.24, 2.45) is 11.7 Å². The average Bonchev–Trinajstić information content (AvgIpc) is 2.83. The third-order valence-electron chi connectivity index (χ3n) is 2.34. The maximum Gasteiger partial charge on any atom is 0.229 e. The number of nitrogens with zero attached hydrogens (tertiary/aromatic N) is 3. The molecule has 0 radical (unpaired) electrons. The monoisotopic (exact) mass is 244 g/mol. The quantitative estimate of drug-likeness (QED) is 0.622. The third kappa shape index (κ3) is 2.14. The molecule has 0 saturated carbocycles. The van der Waals surface area contributed by atoms with Crippen molar-refractivity contribution in [2.45, 2.75) is 10.8 Å². The van der Waals surface area contributed by atoms with Crippen LogP contribution in [0.4, 0.5) is 5.13 Å². The smallest absolute Gasteiger partial charge is 0.229 e. The SMILES string of the molecule is CSc1nnc(N2CC(CN)CC2=O)s1. The number of nitrogens with two attached hydrogens (primary N) is 1. The summed E-state index contributed by atoms with van der Waals surface area (Å²) < 4.78 is 0.883. The van der Waals surface area contributed by atoms with Gasteiger partial charge in [-0.1, -0.05) is 23.1 Å². The van der Waals surface area contributed by atoms with Crippen LogP contribution in [0.15, 0.2) is 4.34 Å². The highest BCUT2D eigenvalue weighted by molar-refractivity contribution is 8.00. The van der Waals surface area contributed by atoms with Crippen molar-refractivity contribution < 1.29 is 4.79 Å². The van der Waals surface area contributed by atoms with Gasteiger partial charge in [0.1, 0.15) is 0 Å². The van der Waals surface area contributed by atoms with Gasteiger partial charge in [0.15, 0.2) is 4.34 Å². The molecule has 2 heterocycles. The molecule has 1 aliphatic heterocycles. The van der Waals surface area contributed by atoms with Gasteiger partial charge in [-0.2, -0.15) is 0 Å². The summed E-state index contributed by atoms with van der Waals surface area (Å²) in [5.41, 5.74) is 5.55. The molecule has 0 aromatic carbocycles. The minimum atomic E-state index is 0.106. The molecule has 1 unspecified atom stereocenters. The molecule has 1 saturated heterocycles. The van der Waals surface area contributed by atoms with E-state index in [1.807, 2.05) is 6.26 Å². The van der Waals surface area contributed by atoms with Crippen LogP contribution in [0.5, 0.6) is 0 Å². The largest absolute Gasteiger partial charge is 0.330 e. The number of carbonyl (C=O) groups excluding carboxylic acids is 1. The summed E-state index contributed by atoms with van der Waals surface area (Å²) in [7, 11) is 0. The highest BCUT2D eigenvalue weighted by atomic mass is 32.2. The van der Waals surface area contributed by atoms with Gasteiger partial charge in [0, 0.05) is 13.0 Å². The van der Waals surface area contributed by atoms with E-state index in [1.54, 1.807) is 4.90 Å². The van der Waals surface area contributed by atoms with E-state index in [9.17, 15) is 4.79 Å². The lowest BCUT2D eigenvalue weighted by molar-refractivity contribution is -0.117. The lowest BCUT2D eigenvalue weighted by Crippen LogP contribution is -2.25. The van der Waals surface area contributed by atoms with E-state index in [0.29, 0.717) is 24.6 Å². The van der Waals surface area contributed by atoms with Crippen molar-refractivity contribution in [3.8, 4) is 0 Å². The van der Waals surface area contributed by atoms with Crippen molar-refractivity contribution >= 4 is 34.1 Å². The van der Waals surface area contributed by atoms with Crippen LogP contribution in [-0.4, -0.2) is 35.4 Å². The molecule has 2 rings (SSSR count). The van der Waals surface area contributed by atoms with Gasteiger partial charge in [-0.25, -0.2) is 0 Å². The summed E-state index contributed by atoms with van der Waals surface area (Å²) in [5, 5.41) is 8.67. The molecule has 7 heteroatoms.